The van der Waals surface area contributed by atoms with Gasteiger partial charge in [0.05, 0.1) is 17.8 Å². The number of aromatic nitrogens is 1. The number of carbonyl (C=O) groups is 1. The second-order valence-corrected chi connectivity index (χ2v) is 9.48. The van der Waals surface area contributed by atoms with Gasteiger partial charge in [0, 0.05) is 31.0 Å². The summed E-state index contributed by atoms with van der Waals surface area (Å²) in [6.07, 6.45) is 2.55. The van der Waals surface area contributed by atoms with Crippen molar-refractivity contribution < 1.29 is 19.3 Å². The molecule has 32 heavy (non-hydrogen) atoms. The molecule has 1 fully saturated rings. The number of amidine groups is 1. The first-order valence-corrected chi connectivity index (χ1v) is 11.4. The standard InChI is InChI=1S/C24H30N4O4/c1-14(2)21(20-11-15(3)26-31-20)23(30)28-13-17(29)12-19(28)22-25-24(32-27-22)10-6-8-16-7-4-5-9-18(16)24/h4-5,7,9,11,14,17,19,21,29H,6,8,10,12-13H2,1-3H3,(H,25,27)/t17-,19?,21-,24?/m1/s1. The third-order valence-electron chi connectivity index (χ3n) is 6.79. The number of carbonyl (C=O) groups excluding carboxylic acids is 1. The number of aliphatic hydroxyl groups is 1. The summed E-state index contributed by atoms with van der Waals surface area (Å²) in [6.45, 7) is 6.08. The van der Waals surface area contributed by atoms with Gasteiger partial charge in [0.15, 0.2) is 0 Å². The number of aryl methyl sites for hydroxylation is 2. The highest BCUT2D eigenvalue weighted by Crippen LogP contribution is 2.42. The summed E-state index contributed by atoms with van der Waals surface area (Å²) < 4.78 is 5.45. The molecule has 3 heterocycles. The maximum absolute atomic E-state index is 13.7. The predicted octanol–water partition coefficient (Wildman–Crippen LogP) is 2.81. The third-order valence-corrected chi connectivity index (χ3v) is 6.79. The molecular weight excluding hydrogens is 408 g/mol. The van der Waals surface area contributed by atoms with Crippen molar-refractivity contribution in [3.05, 3.63) is 52.9 Å². The van der Waals surface area contributed by atoms with Gasteiger partial charge in [-0.15, -0.1) is 0 Å². The van der Waals surface area contributed by atoms with Crippen LogP contribution in [0, 0.1) is 12.8 Å². The Kier molecular flexibility index (Phi) is 5.29. The zero-order valence-electron chi connectivity index (χ0n) is 18.7. The Labute approximate surface area is 187 Å². The summed E-state index contributed by atoms with van der Waals surface area (Å²) in [4.78, 5) is 26.5. The number of fused-ring (bicyclic) bond motifs is 2. The summed E-state index contributed by atoms with van der Waals surface area (Å²) in [7, 11) is 0. The lowest BCUT2D eigenvalue weighted by atomic mass is 9.85. The Morgan fingerprint density at radius 2 is 2.16 bits per heavy atom. The normalized spacial score (nSPS) is 28.0. The number of hydroxylamine groups is 1. The van der Waals surface area contributed by atoms with Crippen LogP contribution in [-0.2, 0) is 21.8 Å². The van der Waals surface area contributed by atoms with Gasteiger partial charge >= 0.3 is 0 Å². The van der Waals surface area contributed by atoms with E-state index in [-0.39, 0.29) is 24.4 Å². The van der Waals surface area contributed by atoms with E-state index in [1.54, 1.807) is 4.90 Å². The Bertz CT molecular complexity index is 1050. The van der Waals surface area contributed by atoms with E-state index in [0.29, 0.717) is 18.0 Å². The molecule has 0 radical (unpaired) electrons. The quantitative estimate of drug-likeness (QED) is 0.761. The molecule has 8 nitrogen and oxygen atoms in total. The Balaban J connectivity index is 1.46. The van der Waals surface area contributed by atoms with Crippen LogP contribution in [0.2, 0.25) is 0 Å². The number of hydrogen-bond donors (Lipinski definition) is 2. The number of rotatable bonds is 4. The molecule has 3 aliphatic rings. The molecule has 2 aliphatic heterocycles. The van der Waals surface area contributed by atoms with Crippen LogP contribution in [0.15, 0.2) is 39.8 Å². The number of aliphatic imine (C=N–C) groups is 1. The van der Waals surface area contributed by atoms with E-state index < -0.39 is 17.7 Å². The highest BCUT2D eigenvalue weighted by molar-refractivity contribution is 5.94. The van der Waals surface area contributed by atoms with Crippen molar-refractivity contribution >= 4 is 11.7 Å². The molecule has 0 saturated carbocycles. The molecule has 1 spiro atoms. The molecule has 2 unspecified atom stereocenters. The molecule has 5 rings (SSSR count). The predicted molar refractivity (Wildman–Crippen MR) is 118 cm³/mol. The Morgan fingerprint density at radius 1 is 1.34 bits per heavy atom. The molecule has 1 amide bonds. The molecule has 4 atom stereocenters. The molecule has 8 heteroatoms. The second-order valence-electron chi connectivity index (χ2n) is 9.48. The van der Waals surface area contributed by atoms with E-state index in [0.717, 1.165) is 30.5 Å². The molecule has 0 bridgehead atoms. The highest BCUT2D eigenvalue weighted by Gasteiger charge is 2.48. The van der Waals surface area contributed by atoms with Crippen molar-refractivity contribution in [2.45, 2.75) is 70.2 Å². The zero-order chi connectivity index (χ0) is 22.5. The molecule has 1 aromatic carbocycles. The maximum Gasteiger partial charge on any atom is 0.234 e. The number of β-amino-alcohol motifs (C(OH)–C–C–N with tert-alkyl or cyclic N) is 1. The van der Waals surface area contributed by atoms with Crippen LogP contribution in [0.5, 0.6) is 0 Å². The van der Waals surface area contributed by atoms with E-state index in [9.17, 15) is 9.90 Å². The van der Waals surface area contributed by atoms with Gasteiger partial charge in [0.25, 0.3) is 0 Å². The zero-order valence-corrected chi connectivity index (χ0v) is 18.7. The molecule has 170 valence electrons. The van der Waals surface area contributed by atoms with Crippen molar-refractivity contribution in [3.8, 4) is 0 Å². The Morgan fingerprint density at radius 3 is 2.91 bits per heavy atom. The number of benzene rings is 1. The smallest absolute Gasteiger partial charge is 0.234 e. The average Bonchev–Trinajstić information content (AvgIpc) is 3.48. The van der Waals surface area contributed by atoms with Crippen LogP contribution in [-0.4, -0.2) is 45.6 Å². The Hall–Kier alpha value is -2.71. The van der Waals surface area contributed by atoms with E-state index >= 15 is 0 Å². The fraction of sp³-hybridized carbons (Fsp3) is 0.542. The van der Waals surface area contributed by atoms with Crippen LogP contribution < -0.4 is 5.48 Å². The SMILES string of the molecule is Cc1cc([C@H](C(=O)N2C[C@H](O)CC2C2=NC3(CCCc4ccccc43)ON2)C(C)C)on1. The van der Waals surface area contributed by atoms with Gasteiger partial charge in [-0.25, -0.2) is 15.3 Å². The number of aliphatic hydroxyl groups excluding tert-OH is 1. The topological polar surface area (TPSA) is 100 Å². The van der Waals surface area contributed by atoms with Gasteiger partial charge in [-0.2, -0.15) is 0 Å². The maximum atomic E-state index is 13.7. The largest absolute Gasteiger partial charge is 0.391 e. The van der Waals surface area contributed by atoms with Crippen molar-refractivity contribution in [1.82, 2.24) is 15.5 Å². The van der Waals surface area contributed by atoms with Crippen LogP contribution in [0.25, 0.3) is 0 Å². The first-order valence-electron chi connectivity index (χ1n) is 11.4. The summed E-state index contributed by atoms with van der Waals surface area (Å²) in [5, 5.41) is 14.4. The van der Waals surface area contributed by atoms with Crippen LogP contribution in [0.3, 0.4) is 0 Å². The van der Waals surface area contributed by atoms with Crippen LogP contribution in [0.1, 0.15) is 61.6 Å². The van der Waals surface area contributed by atoms with Gasteiger partial charge in [0.1, 0.15) is 17.5 Å². The molecule has 1 saturated heterocycles. The third kappa shape index (κ3) is 3.51. The lowest BCUT2D eigenvalue weighted by Crippen LogP contribution is -2.46. The summed E-state index contributed by atoms with van der Waals surface area (Å²) >= 11 is 0. The summed E-state index contributed by atoms with van der Waals surface area (Å²) in [5.41, 5.74) is 5.31. The number of nitrogens with one attached hydrogen (secondary N) is 1. The lowest BCUT2D eigenvalue weighted by Gasteiger charge is -2.30. The van der Waals surface area contributed by atoms with Gasteiger partial charge in [0.2, 0.25) is 11.6 Å². The van der Waals surface area contributed by atoms with Gasteiger partial charge < -0.3 is 14.5 Å². The summed E-state index contributed by atoms with van der Waals surface area (Å²) in [6, 6.07) is 9.66. The van der Waals surface area contributed by atoms with Crippen molar-refractivity contribution in [3.63, 3.8) is 0 Å². The molecule has 2 aromatic rings. The monoisotopic (exact) mass is 438 g/mol. The van der Waals surface area contributed by atoms with E-state index in [1.165, 1.54) is 5.56 Å². The van der Waals surface area contributed by atoms with Crippen molar-refractivity contribution in [1.29, 1.82) is 0 Å². The first-order chi connectivity index (χ1) is 15.4. The first kappa shape index (κ1) is 21.2. The highest BCUT2D eigenvalue weighted by atomic mass is 16.7. The van der Waals surface area contributed by atoms with Crippen molar-refractivity contribution in [2.24, 2.45) is 10.9 Å². The van der Waals surface area contributed by atoms with E-state index in [4.69, 9.17) is 14.4 Å². The van der Waals surface area contributed by atoms with E-state index in [1.807, 2.05) is 39.0 Å². The number of likely N-dealkylation sites (tertiary alicyclic amines) is 1. The second kappa shape index (κ2) is 8.01. The fourth-order valence-corrected chi connectivity index (χ4v) is 5.27. The number of hydrogen-bond acceptors (Lipinski definition) is 7. The minimum absolute atomic E-state index is 0.0135. The van der Waals surface area contributed by atoms with Crippen LogP contribution in [0.4, 0.5) is 0 Å². The number of nitrogens with zero attached hydrogens (tertiary/aromatic N) is 3. The average molecular weight is 439 g/mol. The molecule has 1 aliphatic carbocycles. The fourth-order valence-electron chi connectivity index (χ4n) is 5.27. The molecule has 2 N–H and O–H groups in total. The van der Waals surface area contributed by atoms with Gasteiger partial charge in [-0.1, -0.05) is 43.3 Å². The van der Waals surface area contributed by atoms with Crippen LogP contribution >= 0.6 is 0 Å². The summed E-state index contributed by atoms with van der Waals surface area (Å²) in [5.74, 6) is 0.601. The minimum Gasteiger partial charge on any atom is -0.391 e. The van der Waals surface area contributed by atoms with Gasteiger partial charge in [-0.3, -0.25) is 4.79 Å². The minimum atomic E-state index is -0.772. The molecular formula is C24H30N4O4. The van der Waals surface area contributed by atoms with Gasteiger partial charge in [-0.05, 0) is 31.2 Å². The van der Waals surface area contributed by atoms with Crippen molar-refractivity contribution in [2.75, 3.05) is 6.54 Å². The molecule has 1 aromatic heterocycles. The van der Waals surface area contributed by atoms with E-state index in [2.05, 4.69) is 22.8 Å². The lowest BCUT2D eigenvalue weighted by molar-refractivity contribution is -0.134. The number of amides is 1.